The number of aromatic nitrogens is 2. The lowest BCUT2D eigenvalue weighted by molar-refractivity contribution is 0.1000. The van der Waals surface area contributed by atoms with Gasteiger partial charge in [0, 0.05) is 5.54 Å². The first-order valence-corrected chi connectivity index (χ1v) is 3.85. The van der Waals surface area contributed by atoms with E-state index in [1.807, 2.05) is 0 Å². The van der Waals surface area contributed by atoms with Crippen molar-refractivity contribution in [3.8, 4) is 0 Å². The number of carbonyl (C=O) groups excluding carboxylic acids is 1. The Morgan fingerprint density at radius 3 is 2.91 bits per heavy atom. The summed E-state index contributed by atoms with van der Waals surface area (Å²) in [4.78, 5) is 14.3. The van der Waals surface area contributed by atoms with E-state index in [-0.39, 0.29) is 5.01 Å². The third kappa shape index (κ3) is 1.99. The predicted octanol–water partition coefficient (Wildman–Crippen LogP) is 0.847. The number of hydrogen-bond donors (Lipinski definition) is 1. The Hall–Kier alpha value is -0.940. The standard InChI is InChI=1S/C5H4ClN3OS/c6-2-1-3-8-5(4(7)10)11-9-3/h1-2H,(H2,7,10). The summed E-state index contributed by atoms with van der Waals surface area (Å²) in [5.41, 5.74) is 6.21. The van der Waals surface area contributed by atoms with Crippen molar-refractivity contribution in [2.45, 2.75) is 0 Å². The Labute approximate surface area is 71.9 Å². The van der Waals surface area contributed by atoms with Gasteiger partial charge in [0.05, 0.1) is 0 Å². The van der Waals surface area contributed by atoms with E-state index in [2.05, 4.69) is 9.36 Å². The third-order valence-corrected chi connectivity index (χ3v) is 1.73. The number of amides is 1. The molecule has 1 heterocycles. The van der Waals surface area contributed by atoms with E-state index in [4.69, 9.17) is 17.3 Å². The second-order valence-corrected chi connectivity index (χ2v) is 2.62. The topological polar surface area (TPSA) is 68.9 Å². The molecule has 0 spiro atoms. The number of nitrogens with two attached hydrogens (primary N) is 1. The first-order chi connectivity index (χ1) is 5.24. The fourth-order valence-corrected chi connectivity index (χ4v) is 1.08. The average Bonchev–Trinajstić information content (AvgIpc) is 2.37. The van der Waals surface area contributed by atoms with Gasteiger partial charge in [-0.3, -0.25) is 4.79 Å². The van der Waals surface area contributed by atoms with Crippen molar-refractivity contribution in [1.29, 1.82) is 0 Å². The number of halogens is 1. The molecule has 4 nitrogen and oxygen atoms in total. The summed E-state index contributed by atoms with van der Waals surface area (Å²) in [6, 6.07) is 0. The molecule has 1 rings (SSSR count). The van der Waals surface area contributed by atoms with Crippen LogP contribution in [-0.2, 0) is 0 Å². The highest BCUT2D eigenvalue weighted by molar-refractivity contribution is 7.07. The van der Waals surface area contributed by atoms with E-state index < -0.39 is 5.91 Å². The van der Waals surface area contributed by atoms with Crippen molar-refractivity contribution in [2.75, 3.05) is 0 Å². The SMILES string of the molecule is NC(=O)c1nc(C=CCl)ns1. The van der Waals surface area contributed by atoms with Crippen molar-refractivity contribution in [1.82, 2.24) is 9.36 Å². The second kappa shape index (κ2) is 3.45. The van der Waals surface area contributed by atoms with Crippen LogP contribution in [0.1, 0.15) is 15.6 Å². The number of hydrogen-bond acceptors (Lipinski definition) is 4. The minimum Gasteiger partial charge on any atom is -0.363 e. The molecule has 1 aromatic heterocycles. The molecule has 0 radical (unpaired) electrons. The summed E-state index contributed by atoms with van der Waals surface area (Å²) >= 11 is 6.20. The molecule has 0 aliphatic rings. The lowest BCUT2D eigenvalue weighted by Crippen LogP contribution is -2.10. The predicted molar refractivity (Wildman–Crippen MR) is 43.3 cm³/mol. The molecule has 0 aromatic carbocycles. The zero-order valence-electron chi connectivity index (χ0n) is 5.32. The zero-order chi connectivity index (χ0) is 8.27. The van der Waals surface area contributed by atoms with Crippen LogP contribution in [0.4, 0.5) is 0 Å². The molecule has 6 heteroatoms. The highest BCUT2D eigenvalue weighted by Crippen LogP contribution is 2.04. The minimum atomic E-state index is -0.572. The molecular formula is C5H4ClN3OS. The van der Waals surface area contributed by atoms with Gasteiger partial charge in [0.2, 0.25) is 5.01 Å². The maximum atomic E-state index is 10.5. The van der Waals surface area contributed by atoms with Gasteiger partial charge >= 0.3 is 0 Å². The van der Waals surface area contributed by atoms with Gasteiger partial charge in [-0.1, -0.05) is 11.6 Å². The largest absolute Gasteiger partial charge is 0.363 e. The van der Waals surface area contributed by atoms with Crippen LogP contribution in [0.25, 0.3) is 6.08 Å². The molecule has 2 N–H and O–H groups in total. The van der Waals surface area contributed by atoms with Crippen LogP contribution in [0, 0.1) is 0 Å². The summed E-state index contributed by atoms with van der Waals surface area (Å²) < 4.78 is 3.79. The van der Waals surface area contributed by atoms with Gasteiger partial charge in [0.1, 0.15) is 0 Å². The lowest BCUT2D eigenvalue weighted by Gasteiger charge is -1.79. The number of primary amides is 1. The van der Waals surface area contributed by atoms with Gasteiger partial charge in [-0.15, -0.1) is 0 Å². The zero-order valence-corrected chi connectivity index (χ0v) is 6.89. The summed E-state index contributed by atoms with van der Waals surface area (Å²) in [6.07, 6.45) is 1.48. The van der Waals surface area contributed by atoms with Crippen molar-refractivity contribution < 1.29 is 4.79 Å². The molecule has 0 saturated heterocycles. The van der Waals surface area contributed by atoms with Crippen LogP contribution in [0.3, 0.4) is 0 Å². The molecule has 1 aromatic rings. The molecule has 0 atom stereocenters. The van der Waals surface area contributed by atoms with Crippen LogP contribution in [0.5, 0.6) is 0 Å². The van der Waals surface area contributed by atoms with Crippen molar-refractivity contribution in [3.05, 3.63) is 16.4 Å². The van der Waals surface area contributed by atoms with Gasteiger partial charge in [-0.25, -0.2) is 4.98 Å². The van der Waals surface area contributed by atoms with E-state index in [1.165, 1.54) is 11.6 Å². The summed E-state index contributed by atoms with van der Waals surface area (Å²) in [6.45, 7) is 0. The first kappa shape index (κ1) is 8.16. The molecule has 0 fully saturated rings. The minimum absolute atomic E-state index is 0.190. The Balaban J connectivity index is 2.90. The molecule has 58 valence electrons. The van der Waals surface area contributed by atoms with Gasteiger partial charge in [-0.05, 0) is 17.6 Å². The molecule has 1 amide bonds. The molecule has 0 unspecified atom stereocenters. The fraction of sp³-hybridized carbons (Fsp3) is 0. The van der Waals surface area contributed by atoms with E-state index >= 15 is 0 Å². The van der Waals surface area contributed by atoms with E-state index in [0.717, 1.165) is 11.5 Å². The van der Waals surface area contributed by atoms with E-state index in [9.17, 15) is 4.79 Å². The van der Waals surface area contributed by atoms with Crippen molar-refractivity contribution in [2.24, 2.45) is 5.73 Å². The molecular weight excluding hydrogens is 186 g/mol. The molecule has 0 saturated carbocycles. The monoisotopic (exact) mass is 189 g/mol. The molecule has 0 aliphatic carbocycles. The highest BCUT2D eigenvalue weighted by atomic mass is 35.5. The Morgan fingerprint density at radius 1 is 1.73 bits per heavy atom. The number of rotatable bonds is 2. The molecule has 0 bridgehead atoms. The summed E-state index contributed by atoms with van der Waals surface area (Å²) in [5.74, 6) is -0.171. The highest BCUT2D eigenvalue weighted by Gasteiger charge is 2.05. The van der Waals surface area contributed by atoms with Gasteiger partial charge < -0.3 is 5.73 Å². The van der Waals surface area contributed by atoms with Gasteiger partial charge in [0.15, 0.2) is 5.82 Å². The summed E-state index contributed by atoms with van der Waals surface area (Å²) in [7, 11) is 0. The summed E-state index contributed by atoms with van der Waals surface area (Å²) in [5, 5.41) is 0.190. The van der Waals surface area contributed by atoms with E-state index in [0.29, 0.717) is 5.82 Å². The third-order valence-electron chi connectivity index (χ3n) is 0.865. The lowest BCUT2D eigenvalue weighted by atomic mass is 10.6. The van der Waals surface area contributed by atoms with Crippen LogP contribution in [0.15, 0.2) is 5.54 Å². The van der Waals surface area contributed by atoms with Crippen molar-refractivity contribution in [3.63, 3.8) is 0 Å². The van der Waals surface area contributed by atoms with Crippen LogP contribution >= 0.6 is 23.1 Å². The maximum Gasteiger partial charge on any atom is 0.279 e. The average molecular weight is 190 g/mol. The number of nitrogens with zero attached hydrogens (tertiary/aromatic N) is 2. The van der Waals surface area contributed by atoms with E-state index in [1.54, 1.807) is 0 Å². The maximum absolute atomic E-state index is 10.5. The van der Waals surface area contributed by atoms with Crippen LogP contribution in [0.2, 0.25) is 0 Å². The Bertz CT molecular complexity index is 296. The quantitative estimate of drug-likeness (QED) is 0.750. The van der Waals surface area contributed by atoms with Crippen molar-refractivity contribution >= 4 is 35.1 Å². The smallest absolute Gasteiger partial charge is 0.279 e. The Morgan fingerprint density at radius 2 is 2.45 bits per heavy atom. The number of carbonyl (C=O) groups is 1. The normalized spacial score (nSPS) is 10.6. The fourth-order valence-electron chi connectivity index (χ4n) is 0.459. The van der Waals surface area contributed by atoms with Gasteiger partial charge in [0.25, 0.3) is 5.91 Å². The van der Waals surface area contributed by atoms with Crippen LogP contribution < -0.4 is 5.73 Å². The molecule has 11 heavy (non-hydrogen) atoms. The second-order valence-electron chi connectivity index (χ2n) is 1.61. The Kier molecular flexibility index (Phi) is 2.56. The molecule has 0 aliphatic heterocycles. The van der Waals surface area contributed by atoms with Crippen LogP contribution in [-0.4, -0.2) is 15.3 Å². The van der Waals surface area contributed by atoms with Gasteiger partial charge in [-0.2, -0.15) is 4.37 Å². The first-order valence-electron chi connectivity index (χ1n) is 2.64.